The number of anilines is 1. The molecule has 0 spiro atoms. The first-order valence-electron chi connectivity index (χ1n) is 6.07. The van der Waals surface area contributed by atoms with E-state index in [0.717, 1.165) is 0 Å². The lowest BCUT2D eigenvalue weighted by atomic mass is 10.0. The predicted molar refractivity (Wildman–Crippen MR) is 74.0 cm³/mol. The Balaban J connectivity index is 2.01. The molecule has 1 aliphatic rings. The van der Waals surface area contributed by atoms with Crippen molar-refractivity contribution in [1.29, 1.82) is 0 Å². The first-order chi connectivity index (χ1) is 8.97. The Morgan fingerprint density at radius 2 is 2.26 bits per heavy atom. The second-order valence-corrected chi connectivity index (χ2v) is 5.13. The molecule has 19 heavy (non-hydrogen) atoms. The maximum Gasteiger partial charge on any atom is 0.251 e. The van der Waals surface area contributed by atoms with Gasteiger partial charge in [0, 0.05) is 31.6 Å². The van der Waals surface area contributed by atoms with Crippen molar-refractivity contribution in [2.75, 3.05) is 19.3 Å². The molecule has 3 N–H and O–H groups in total. The lowest BCUT2D eigenvalue weighted by Gasteiger charge is -2.30. The molecule has 5 nitrogen and oxygen atoms in total. The van der Waals surface area contributed by atoms with E-state index in [2.05, 4.69) is 5.32 Å². The molecular formula is C13H16ClN3O2. The molecule has 1 unspecified atom stereocenters. The smallest absolute Gasteiger partial charge is 0.251 e. The predicted octanol–water partition coefficient (Wildman–Crippen LogP) is 1.27. The van der Waals surface area contributed by atoms with E-state index in [9.17, 15) is 9.59 Å². The molecule has 102 valence electrons. The van der Waals surface area contributed by atoms with Crippen molar-refractivity contribution in [2.45, 2.75) is 18.9 Å². The van der Waals surface area contributed by atoms with E-state index in [-0.39, 0.29) is 17.9 Å². The van der Waals surface area contributed by atoms with Crippen molar-refractivity contribution < 1.29 is 9.59 Å². The molecular weight excluding hydrogens is 266 g/mol. The number of nitrogens with two attached hydrogens (primary N) is 1. The second-order valence-electron chi connectivity index (χ2n) is 4.72. The summed E-state index contributed by atoms with van der Waals surface area (Å²) in [6.45, 7) is 0.535. The molecule has 1 aromatic carbocycles. The normalized spacial score (nSPS) is 19.4. The number of likely N-dealkylation sites (N-methyl/N-ethyl adjacent to an activating group) is 1. The quantitative estimate of drug-likeness (QED) is 0.802. The standard InChI is InChI=1S/C13H16ClN3O2/c1-17-7-9(3-5-12(17)18)16-13(19)8-2-4-11(15)10(14)6-8/h2,4,6,9H,3,5,7,15H2,1H3,(H,16,19). The van der Waals surface area contributed by atoms with E-state index in [1.54, 1.807) is 30.1 Å². The lowest BCUT2D eigenvalue weighted by Crippen LogP contribution is -2.48. The average molecular weight is 282 g/mol. The fraction of sp³-hybridized carbons (Fsp3) is 0.385. The number of carbonyl (C=O) groups is 2. The van der Waals surface area contributed by atoms with E-state index < -0.39 is 0 Å². The van der Waals surface area contributed by atoms with Gasteiger partial charge < -0.3 is 16.0 Å². The Morgan fingerprint density at radius 3 is 2.89 bits per heavy atom. The fourth-order valence-electron chi connectivity index (χ4n) is 2.07. The Bertz CT molecular complexity index is 519. The van der Waals surface area contributed by atoms with Crippen LogP contribution in [0.15, 0.2) is 18.2 Å². The van der Waals surface area contributed by atoms with E-state index >= 15 is 0 Å². The number of likely N-dealkylation sites (tertiary alicyclic amines) is 1. The first kappa shape index (κ1) is 13.7. The number of rotatable bonds is 2. The third-order valence-electron chi connectivity index (χ3n) is 3.22. The van der Waals surface area contributed by atoms with E-state index in [1.807, 2.05) is 0 Å². The van der Waals surface area contributed by atoms with Crippen LogP contribution in [0.4, 0.5) is 5.69 Å². The second kappa shape index (κ2) is 5.48. The van der Waals surface area contributed by atoms with Crippen molar-refractivity contribution >= 4 is 29.1 Å². The number of hydrogen-bond acceptors (Lipinski definition) is 3. The van der Waals surface area contributed by atoms with Crippen LogP contribution in [0.3, 0.4) is 0 Å². The minimum Gasteiger partial charge on any atom is -0.398 e. The zero-order valence-corrected chi connectivity index (χ0v) is 11.4. The summed E-state index contributed by atoms with van der Waals surface area (Å²) in [6, 6.07) is 4.76. The van der Waals surface area contributed by atoms with Gasteiger partial charge in [-0.05, 0) is 24.6 Å². The molecule has 1 saturated heterocycles. The molecule has 2 amide bonds. The molecule has 0 aromatic heterocycles. The van der Waals surface area contributed by atoms with Crippen LogP contribution in [0.1, 0.15) is 23.2 Å². The van der Waals surface area contributed by atoms with Crippen LogP contribution in [-0.4, -0.2) is 36.3 Å². The van der Waals surface area contributed by atoms with Crippen molar-refractivity contribution in [3.8, 4) is 0 Å². The largest absolute Gasteiger partial charge is 0.398 e. The molecule has 0 radical (unpaired) electrons. The number of nitrogens with one attached hydrogen (secondary N) is 1. The van der Waals surface area contributed by atoms with Crippen LogP contribution in [0.5, 0.6) is 0 Å². The number of nitrogen functional groups attached to an aromatic ring is 1. The molecule has 1 fully saturated rings. The van der Waals surface area contributed by atoms with Gasteiger partial charge in [0.2, 0.25) is 5.91 Å². The van der Waals surface area contributed by atoms with Gasteiger partial charge in [-0.1, -0.05) is 11.6 Å². The molecule has 1 aromatic rings. The van der Waals surface area contributed by atoms with Crippen LogP contribution in [0, 0.1) is 0 Å². The summed E-state index contributed by atoms with van der Waals surface area (Å²) in [5.74, 6) is -0.0873. The van der Waals surface area contributed by atoms with E-state index in [0.29, 0.717) is 35.7 Å². The number of benzene rings is 1. The van der Waals surface area contributed by atoms with Gasteiger partial charge >= 0.3 is 0 Å². The first-order valence-corrected chi connectivity index (χ1v) is 6.45. The highest BCUT2D eigenvalue weighted by Gasteiger charge is 2.24. The molecule has 1 heterocycles. The van der Waals surface area contributed by atoms with Crippen molar-refractivity contribution in [3.05, 3.63) is 28.8 Å². The molecule has 0 bridgehead atoms. The highest BCUT2D eigenvalue weighted by atomic mass is 35.5. The Labute approximate surface area is 116 Å². The molecule has 0 saturated carbocycles. The third kappa shape index (κ3) is 3.17. The van der Waals surface area contributed by atoms with Crippen molar-refractivity contribution in [3.63, 3.8) is 0 Å². The summed E-state index contributed by atoms with van der Waals surface area (Å²) in [5.41, 5.74) is 6.52. The maximum atomic E-state index is 12.1. The van der Waals surface area contributed by atoms with E-state index in [4.69, 9.17) is 17.3 Å². The molecule has 6 heteroatoms. The summed E-state index contributed by atoms with van der Waals surface area (Å²) in [4.78, 5) is 25.0. The third-order valence-corrected chi connectivity index (χ3v) is 3.55. The van der Waals surface area contributed by atoms with Gasteiger partial charge in [0.1, 0.15) is 0 Å². The van der Waals surface area contributed by atoms with Crippen molar-refractivity contribution in [1.82, 2.24) is 10.2 Å². The number of carbonyl (C=O) groups excluding carboxylic acids is 2. The van der Waals surface area contributed by atoms with Gasteiger partial charge in [-0.3, -0.25) is 9.59 Å². The van der Waals surface area contributed by atoms with Crippen molar-refractivity contribution in [2.24, 2.45) is 0 Å². The summed E-state index contributed by atoms with van der Waals surface area (Å²) in [7, 11) is 1.74. The van der Waals surface area contributed by atoms with Gasteiger partial charge in [-0.25, -0.2) is 0 Å². The summed E-state index contributed by atoms with van der Waals surface area (Å²) >= 11 is 5.89. The van der Waals surface area contributed by atoms with Gasteiger partial charge in [0.05, 0.1) is 10.7 Å². The van der Waals surface area contributed by atoms with E-state index in [1.165, 1.54) is 0 Å². The molecule has 1 atom stereocenters. The van der Waals surface area contributed by atoms with Crippen LogP contribution in [0.2, 0.25) is 5.02 Å². The van der Waals surface area contributed by atoms with Gasteiger partial charge in [-0.15, -0.1) is 0 Å². The number of hydrogen-bond donors (Lipinski definition) is 2. The molecule has 2 rings (SSSR count). The maximum absolute atomic E-state index is 12.1. The van der Waals surface area contributed by atoms with Crippen LogP contribution >= 0.6 is 11.6 Å². The Kier molecular flexibility index (Phi) is 3.95. The van der Waals surface area contributed by atoms with Crippen LogP contribution < -0.4 is 11.1 Å². The number of piperidine rings is 1. The van der Waals surface area contributed by atoms with Crippen LogP contribution in [-0.2, 0) is 4.79 Å². The monoisotopic (exact) mass is 281 g/mol. The Morgan fingerprint density at radius 1 is 1.53 bits per heavy atom. The zero-order valence-electron chi connectivity index (χ0n) is 10.6. The minimum atomic E-state index is -0.199. The average Bonchev–Trinajstić information content (AvgIpc) is 2.37. The highest BCUT2D eigenvalue weighted by molar-refractivity contribution is 6.33. The minimum absolute atomic E-state index is 0.0217. The summed E-state index contributed by atoms with van der Waals surface area (Å²) in [6.07, 6.45) is 1.13. The van der Waals surface area contributed by atoms with Gasteiger partial charge in [0.15, 0.2) is 0 Å². The SMILES string of the molecule is CN1CC(NC(=O)c2ccc(N)c(Cl)c2)CCC1=O. The van der Waals surface area contributed by atoms with Gasteiger partial charge in [0.25, 0.3) is 5.91 Å². The summed E-state index contributed by atoms with van der Waals surface area (Å²) < 4.78 is 0. The number of nitrogens with zero attached hydrogens (tertiary/aromatic N) is 1. The lowest BCUT2D eigenvalue weighted by molar-refractivity contribution is -0.132. The highest BCUT2D eigenvalue weighted by Crippen LogP contribution is 2.20. The summed E-state index contributed by atoms with van der Waals surface area (Å²) in [5, 5.41) is 3.26. The molecule has 1 aliphatic heterocycles. The Hall–Kier alpha value is -1.75. The number of halogens is 1. The van der Waals surface area contributed by atoms with Gasteiger partial charge in [-0.2, -0.15) is 0 Å². The van der Waals surface area contributed by atoms with Crippen LogP contribution in [0.25, 0.3) is 0 Å². The number of amides is 2. The topological polar surface area (TPSA) is 75.4 Å². The zero-order chi connectivity index (χ0) is 14.0. The fourth-order valence-corrected chi connectivity index (χ4v) is 2.25. The molecule has 0 aliphatic carbocycles.